The number of nitrogens with one attached hydrogen (secondary N) is 3. The molecule has 8 heteroatoms. The summed E-state index contributed by atoms with van der Waals surface area (Å²) in [4.78, 5) is 26.5. The summed E-state index contributed by atoms with van der Waals surface area (Å²) in [6.45, 7) is 2.69. The number of aromatic nitrogens is 4. The predicted molar refractivity (Wildman–Crippen MR) is 102 cm³/mol. The molecule has 3 N–H and O–H groups in total. The van der Waals surface area contributed by atoms with Crippen LogP contribution in [0.4, 0.5) is 10.3 Å². The zero-order chi connectivity index (χ0) is 18.4. The molecule has 0 aliphatic carbocycles. The molecule has 0 saturated carbocycles. The van der Waals surface area contributed by atoms with E-state index in [1.165, 1.54) is 12.1 Å². The molecule has 0 bridgehead atoms. The monoisotopic (exact) mass is 373 g/mol. The molecule has 0 atom stereocenters. The molecule has 0 amide bonds. The van der Waals surface area contributed by atoms with E-state index in [9.17, 15) is 9.18 Å². The fraction of sp³-hybridized carbons (Fsp3) is 0.278. The Morgan fingerprint density at radius 1 is 1.23 bits per heavy atom. The molecule has 6 nitrogen and oxygen atoms in total. The minimum absolute atomic E-state index is 0.188. The van der Waals surface area contributed by atoms with E-state index in [-0.39, 0.29) is 11.4 Å². The van der Waals surface area contributed by atoms with E-state index in [1.54, 1.807) is 36.4 Å². The number of benzene rings is 1. The van der Waals surface area contributed by atoms with Crippen molar-refractivity contribution in [1.82, 2.24) is 19.9 Å². The summed E-state index contributed by atoms with van der Waals surface area (Å²) < 4.78 is 12.9. The van der Waals surface area contributed by atoms with E-state index < -0.39 is 0 Å². The number of imidazole rings is 1. The first-order chi connectivity index (χ1) is 12.6. The van der Waals surface area contributed by atoms with Crippen molar-refractivity contribution in [3.8, 4) is 0 Å². The van der Waals surface area contributed by atoms with Crippen molar-refractivity contribution in [3.05, 3.63) is 75.5 Å². The van der Waals surface area contributed by atoms with Crippen LogP contribution < -0.4 is 10.9 Å². The third-order valence-electron chi connectivity index (χ3n) is 3.89. The normalized spacial score (nSPS) is 10.8. The van der Waals surface area contributed by atoms with E-state index >= 15 is 0 Å². The van der Waals surface area contributed by atoms with Crippen molar-refractivity contribution in [2.45, 2.75) is 19.1 Å². The Morgan fingerprint density at radius 2 is 2.04 bits per heavy atom. The van der Waals surface area contributed by atoms with Crippen LogP contribution in [0.3, 0.4) is 0 Å². The van der Waals surface area contributed by atoms with E-state index in [2.05, 4.69) is 25.3 Å². The Labute approximate surface area is 154 Å². The van der Waals surface area contributed by atoms with Crippen molar-refractivity contribution in [3.63, 3.8) is 0 Å². The second kappa shape index (κ2) is 8.66. The van der Waals surface area contributed by atoms with Crippen LogP contribution >= 0.6 is 11.8 Å². The standard InChI is InChI=1S/C18H20FN5OS/c1-12-16(23-11-22-12)10-26-7-6-20-18-21-9-14(17(25)24-18)8-13-2-4-15(19)5-3-13/h2-5,9,11H,6-8,10H2,1H3,(H,22,23)(H2,20,21,24,25). The van der Waals surface area contributed by atoms with Gasteiger partial charge in [-0.05, 0) is 24.6 Å². The van der Waals surface area contributed by atoms with Gasteiger partial charge in [-0.1, -0.05) is 12.1 Å². The first kappa shape index (κ1) is 18.2. The highest BCUT2D eigenvalue weighted by Crippen LogP contribution is 2.12. The van der Waals surface area contributed by atoms with Gasteiger partial charge in [0.25, 0.3) is 5.56 Å². The topological polar surface area (TPSA) is 86.5 Å². The molecule has 0 saturated heterocycles. The first-order valence-electron chi connectivity index (χ1n) is 8.25. The molecule has 0 spiro atoms. The van der Waals surface area contributed by atoms with Crippen molar-refractivity contribution in [1.29, 1.82) is 0 Å². The molecule has 0 unspecified atom stereocenters. The second-order valence-electron chi connectivity index (χ2n) is 5.84. The zero-order valence-electron chi connectivity index (χ0n) is 14.4. The SMILES string of the molecule is Cc1[nH]cnc1CSCCNc1ncc(Cc2ccc(F)cc2)c(=O)[nH]1. The number of anilines is 1. The van der Waals surface area contributed by atoms with Crippen LogP contribution in [0.15, 0.2) is 41.6 Å². The van der Waals surface area contributed by atoms with E-state index in [0.29, 0.717) is 24.5 Å². The average Bonchev–Trinajstić information content (AvgIpc) is 3.04. The molecular formula is C18H20FN5OS. The van der Waals surface area contributed by atoms with Gasteiger partial charge < -0.3 is 10.3 Å². The Bertz CT molecular complexity index is 906. The molecule has 136 valence electrons. The van der Waals surface area contributed by atoms with Crippen molar-refractivity contribution in [2.24, 2.45) is 0 Å². The van der Waals surface area contributed by atoms with Crippen LogP contribution in [0, 0.1) is 12.7 Å². The fourth-order valence-electron chi connectivity index (χ4n) is 2.40. The molecule has 0 aliphatic rings. The molecule has 0 aliphatic heterocycles. The lowest BCUT2D eigenvalue weighted by Crippen LogP contribution is -2.18. The van der Waals surface area contributed by atoms with Gasteiger partial charge in [-0.25, -0.2) is 14.4 Å². The molecule has 0 radical (unpaired) electrons. The molecular weight excluding hydrogens is 353 g/mol. The maximum Gasteiger partial charge on any atom is 0.255 e. The second-order valence-corrected chi connectivity index (χ2v) is 6.95. The van der Waals surface area contributed by atoms with Crippen molar-refractivity contribution >= 4 is 17.7 Å². The number of aromatic amines is 2. The number of halogens is 1. The van der Waals surface area contributed by atoms with Gasteiger partial charge in [0.05, 0.1) is 12.0 Å². The quantitative estimate of drug-likeness (QED) is 0.529. The van der Waals surface area contributed by atoms with Crippen LogP contribution in [-0.2, 0) is 12.2 Å². The number of H-pyrrole nitrogens is 2. The van der Waals surface area contributed by atoms with Crippen molar-refractivity contribution < 1.29 is 4.39 Å². The highest BCUT2D eigenvalue weighted by Gasteiger charge is 2.05. The van der Waals surface area contributed by atoms with Crippen LogP contribution in [0.5, 0.6) is 0 Å². The maximum absolute atomic E-state index is 12.9. The molecule has 26 heavy (non-hydrogen) atoms. The Morgan fingerprint density at radius 3 is 2.73 bits per heavy atom. The Balaban J connectivity index is 1.47. The molecule has 3 aromatic rings. The van der Waals surface area contributed by atoms with Gasteiger partial charge >= 0.3 is 0 Å². The summed E-state index contributed by atoms with van der Waals surface area (Å²) in [5.41, 5.74) is 3.38. The summed E-state index contributed by atoms with van der Waals surface area (Å²) >= 11 is 1.76. The third kappa shape index (κ3) is 4.95. The first-order valence-corrected chi connectivity index (χ1v) is 9.40. The molecule has 3 rings (SSSR count). The number of hydrogen-bond donors (Lipinski definition) is 3. The fourth-order valence-corrected chi connectivity index (χ4v) is 3.28. The van der Waals surface area contributed by atoms with Crippen LogP contribution in [0.2, 0.25) is 0 Å². The van der Waals surface area contributed by atoms with Crippen LogP contribution in [0.25, 0.3) is 0 Å². The molecule has 1 aromatic carbocycles. The highest BCUT2D eigenvalue weighted by atomic mass is 32.2. The number of thioether (sulfide) groups is 1. The van der Waals surface area contributed by atoms with Gasteiger partial charge in [-0.2, -0.15) is 11.8 Å². The van der Waals surface area contributed by atoms with Crippen LogP contribution in [-0.4, -0.2) is 32.2 Å². The number of nitrogens with zero attached hydrogens (tertiary/aromatic N) is 2. The van der Waals surface area contributed by atoms with Gasteiger partial charge in [0, 0.05) is 41.9 Å². The number of rotatable bonds is 8. The Hall–Kier alpha value is -2.61. The summed E-state index contributed by atoms with van der Waals surface area (Å²) in [7, 11) is 0. The van der Waals surface area contributed by atoms with Crippen LogP contribution in [0.1, 0.15) is 22.5 Å². The van der Waals surface area contributed by atoms with E-state index in [1.807, 2.05) is 6.92 Å². The highest BCUT2D eigenvalue weighted by molar-refractivity contribution is 7.98. The summed E-state index contributed by atoms with van der Waals surface area (Å²) in [5, 5.41) is 3.11. The lowest BCUT2D eigenvalue weighted by atomic mass is 10.1. The lowest BCUT2D eigenvalue weighted by Gasteiger charge is -2.06. The molecule has 2 heterocycles. The van der Waals surface area contributed by atoms with Gasteiger partial charge in [0.2, 0.25) is 5.95 Å². The predicted octanol–water partition coefficient (Wildman–Crippen LogP) is 2.88. The Kier molecular flexibility index (Phi) is 6.06. The van der Waals surface area contributed by atoms with Crippen molar-refractivity contribution in [2.75, 3.05) is 17.6 Å². The third-order valence-corrected chi connectivity index (χ3v) is 4.86. The molecule has 0 fully saturated rings. The number of hydrogen-bond acceptors (Lipinski definition) is 5. The summed E-state index contributed by atoms with van der Waals surface area (Å²) in [5.74, 6) is 1.88. The smallest absolute Gasteiger partial charge is 0.255 e. The van der Waals surface area contributed by atoms with E-state index in [0.717, 1.165) is 28.5 Å². The lowest BCUT2D eigenvalue weighted by molar-refractivity contribution is 0.627. The minimum atomic E-state index is -0.291. The van der Waals surface area contributed by atoms with E-state index in [4.69, 9.17) is 0 Å². The summed E-state index contributed by atoms with van der Waals surface area (Å²) in [6.07, 6.45) is 3.68. The van der Waals surface area contributed by atoms with Gasteiger partial charge in [0.15, 0.2) is 0 Å². The average molecular weight is 373 g/mol. The van der Waals surface area contributed by atoms with Gasteiger partial charge in [-0.15, -0.1) is 0 Å². The minimum Gasteiger partial charge on any atom is -0.355 e. The van der Waals surface area contributed by atoms with Gasteiger partial charge in [0.1, 0.15) is 5.82 Å². The maximum atomic E-state index is 12.9. The molecule has 2 aromatic heterocycles. The number of aryl methyl sites for hydroxylation is 1. The van der Waals surface area contributed by atoms with Gasteiger partial charge in [-0.3, -0.25) is 9.78 Å². The largest absolute Gasteiger partial charge is 0.355 e. The summed E-state index contributed by atoms with van der Waals surface area (Å²) in [6, 6.07) is 6.10. The zero-order valence-corrected chi connectivity index (χ0v) is 15.2.